The number of piperidine rings is 1. The Kier molecular flexibility index (Phi) is 3.99. The predicted molar refractivity (Wildman–Crippen MR) is 77.5 cm³/mol. The van der Waals surface area contributed by atoms with E-state index in [2.05, 4.69) is 16.8 Å². The molecule has 116 valence electrons. The summed E-state index contributed by atoms with van der Waals surface area (Å²) in [6.07, 6.45) is 2.84. The van der Waals surface area contributed by atoms with Crippen molar-refractivity contribution in [2.24, 2.45) is 0 Å². The molecule has 0 spiro atoms. The van der Waals surface area contributed by atoms with Crippen LogP contribution in [0, 0.1) is 0 Å². The van der Waals surface area contributed by atoms with Crippen molar-refractivity contribution in [3.05, 3.63) is 17.2 Å². The van der Waals surface area contributed by atoms with Crippen molar-refractivity contribution in [2.75, 3.05) is 19.6 Å². The van der Waals surface area contributed by atoms with E-state index < -0.39 is 12.1 Å². The van der Waals surface area contributed by atoms with Crippen LogP contribution < -0.4 is 0 Å². The standard InChI is InChI=1S/C15H23N3O3/c1-2-17-8-5-10(6-9-17)14-16-12(15(20)21)13-11(19)4-3-7-18(13)14/h10-11,19H,2-9H2,1H3,(H,20,21). The number of hydrogen-bond donors (Lipinski definition) is 2. The number of hydrogen-bond acceptors (Lipinski definition) is 4. The Bertz CT molecular complexity index is 533. The summed E-state index contributed by atoms with van der Waals surface area (Å²) in [5.74, 6) is 0.152. The van der Waals surface area contributed by atoms with Crippen molar-refractivity contribution in [1.82, 2.24) is 14.5 Å². The minimum atomic E-state index is -1.03. The van der Waals surface area contributed by atoms with Crippen LogP contribution >= 0.6 is 0 Å². The number of imidazole rings is 1. The Balaban J connectivity index is 1.92. The molecule has 0 aromatic carbocycles. The third-order valence-corrected chi connectivity index (χ3v) is 4.81. The SMILES string of the molecule is CCN1CCC(c2nc(C(=O)O)c3n2CCCC3O)CC1. The molecule has 2 N–H and O–H groups in total. The van der Waals surface area contributed by atoms with E-state index in [0.717, 1.165) is 51.3 Å². The number of aliphatic hydroxyl groups excluding tert-OH is 1. The zero-order valence-electron chi connectivity index (χ0n) is 12.5. The highest BCUT2D eigenvalue weighted by Gasteiger charge is 2.33. The number of carboxylic acid groups (broad SMARTS) is 1. The van der Waals surface area contributed by atoms with Crippen LogP contribution in [0.5, 0.6) is 0 Å². The van der Waals surface area contributed by atoms with Crippen LogP contribution in [0.1, 0.15) is 66.6 Å². The number of rotatable bonds is 3. The fourth-order valence-corrected chi connectivity index (χ4v) is 3.61. The predicted octanol–water partition coefficient (Wildman–Crippen LogP) is 1.61. The van der Waals surface area contributed by atoms with Crippen LogP contribution in [-0.4, -0.2) is 50.3 Å². The fraction of sp³-hybridized carbons (Fsp3) is 0.733. The highest BCUT2D eigenvalue weighted by molar-refractivity contribution is 5.87. The summed E-state index contributed by atoms with van der Waals surface area (Å²) in [6, 6.07) is 0. The van der Waals surface area contributed by atoms with Gasteiger partial charge in [-0.3, -0.25) is 0 Å². The van der Waals surface area contributed by atoms with Crippen LogP contribution in [-0.2, 0) is 6.54 Å². The first-order valence-electron chi connectivity index (χ1n) is 7.85. The van der Waals surface area contributed by atoms with Gasteiger partial charge in [-0.15, -0.1) is 0 Å². The molecule has 2 aliphatic heterocycles. The van der Waals surface area contributed by atoms with Crippen LogP contribution in [0.3, 0.4) is 0 Å². The van der Waals surface area contributed by atoms with E-state index in [4.69, 9.17) is 0 Å². The van der Waals surface area contributed by atoms with Crippen molar-refractivity contribution in [3.63, 3.8) is 0 Å². The van der Waals surface area contributed by atoms with E-state index in [9.17, 15) is 15.0 Å². The average Bonchev–Trinajstić information content (AvgIpc) is 2.88. The number of likely N-dealkylation sites (tertiary alicyclic amines) is 1. The number of carbonyl (C=O) groups is 1. The molecule has 3 heterocycles. The van der Waals surface area contributed by atoms with Crippen LogP contribution in [0.15, 0.2) is 0 Å². The summed E-state index contributed by atoms with van der Waals surface area (Å²) >= 11 is 0. The van der Waals surface area contributed by atoms with Crippen molar-refractivity contribution < 1.29 is 15.0 Å². The molecule has 1 fully saturated rings. The Hall–Kier alpha value is -1.40. The van der Waals surface area contributed by atoms with Crippen LogP contribution in [0.2, 0.25) is 0 Å². The molecule has 2 aliphatic rings. The Labute approximate surface area is 124 Å². The van der Waals surface area contributed by atoms with Gasteiger partial charge in [-0.2, -0.15) is 0 Å². The molecule has 0 bridgehead atoms. The van der Waals surface area contributed by atoms with E-state index in [-0.39, 0.29) is 5.69 Å². The molecule has 1 aromatic heterocycles. The topological polar surface area (TPSA) is 78.6 Å². The number of aromatic nitrogens is 2. The van der Waals surface area contributed by atoms with E-state index in [1.807, 2.05) is 4.57 Å². The molecule has 21 heavy (non-hydrogen) atoms. The molecule has 0 aliphatic carbocycles. The number of fused-ring (bicyclic) bond motifs is 1. The van der Waals surface area contributed by atoms with E-state index in [0.29, 0.717) is 18.0 Å². The highest BCUT2D eigenvalue weighted by atomic mass is 16.4. The lowest BCUT2D eigenvalue weighted by molar-refractivity contribution is 0.0677. The number of aromatic carboxylic acids is 1. The first-order chi connectivity index (χ1) is 10.1. The van der Waals surface area contributed by atoms with Crippen LogP contribution in [0.25, 0.3) is 0 Å². The largest absolute Gasteiger partial charge is 0.476 e. The second-order valence-corrected chi connectivity index (χ2v) is 6.03. The molecule has 3 rings (SSSR count). The third kappa shape index (κ3) is 2.58. The first-order valence-corrected chi connectivity index (χ1v) is 7.85. The lowest BCUT2D eigenvalue weighted by Crippen LogP contribution is -2.33. The molecule has 1 unspecified atom stereocenters. The Morgan fingerprint density at radius 1 is 1.29 bits per heavy atom. The van der Waals surface area contributed by atoms with E-state index in [1.54, 1.807) is 0 Å². The fourth-order valence-electron chi connectivity index (χ4n) is 3.61. The molecular weight excluding hydrogens is 270 g/mol. The van der Waals surface area contributed by atoms with Gasteiger partial charge in [0.1, 0.15) is 5.82 Å². The summed E-state index contributed by atoms with van der Waals surface area (Å²) in [5, 5.41) is 19.5. The maximum absolute atomic E-state index is 11.4. The van der Waals surface area contributed by atoms with Crippen LogP contribution in [0.4, 0.5) is 0 Å². The highest BCUT2D eigenvalue weighted by Crippen LogP contribution is 2.35. The van der Waals surface area contributed by atoms with Gasteiger partial charge in [0.2, 0.25) is 0 Å². The maximum Gasteiger partial charge on any atom is 0.356 e. The molecule has 0 radical (unpaired) electrons. The minimum absolute atomic E-state index is 0.0510. The third-order valence-electron chi connectivity index (χ3n) is 4.81. The van der Waals surface area contributed by atoms with Crippen molar-refractivity contribution in [3.8, 4) is 0 Å². The lowest BCUT2D eigenvalue weighted by Gasteiger charge is -2.31. The number of nitrogens with zero attached hydrogens (tertiary/aromatic N) is 3. The summed E-state index contributed by atoms with van der Waals surface area (Å²) in [4.78, 5) is 18.2. The van der Waals surface area contributed by atoms with Gasteiger partial charge in [0.25, 0.3) is 0 Å². The molecule has 1 atom stereocenters. The number of aliphatic hydroxyl groups is 1. The molecule has 1 saturated heterocycles. The smallest absolute Gasteiger partial charge is 0.356 e. The second kappa shape index (κ2) is 5.77. The van der Waals surface area contributed by atoms with Gasteiger partial charge >= 0.3 is 5.97 Å². The van der Waals surface area contributed by atoms with Gasteiger partial charge in [0, 0.05) is 12.5 Å². The van der Waals surface area contributed by atoms with Gasteiger partial charge in [-0.05, 0) is 45.3 Å². The molecular formula is C15H23N3O3. The van der Waals surface area contributed by atoms with E-state index >= 15 is 0 Å². The molecule has 6 nitrogen and oxygen atoms in total. The maximum atomic E-state index is 11.4. The Morgan fingerprint density at radius 3 is 2.62 bits per heavy atom. The van der Waals surface area contributed by atoms with Gasteiger partial charge in [-0.25, -0.2) is 9.78 Å². The van der Waals surface area contributed by atoms with Crippen molar-refractivity contribution in [1.29, 1.82) is 0 Å². The quantitative estimate of drug-likeness (QED) is 0.885. The van der Waals surface area contributed by atoms with Gasteiger partial charge in [-0.1, -0.05) is 6.92 Å². The van der Waals surface area contributed by atoms with Crippen molar-refractivity contribution >= 4 is 5.97 Å². The summed E-state index contributed by atoms with van der Waals surface area (Å²) in [7, 11) is 0. The summed E-state index contributed by atoms with van der Waals surface area (Å²) in [6.45, 7) is 6.07. The zero-order valence-corrected chi connectivity index (χ0v) is 12.5. The minimum Gasteiger partial charge on any atom is -0.476 e. The number of carboxylic acids is 1. The average molecular weight is 293 g/mol. The lowest BCUT2D eigenvalue weighted by atomic mass is 9.95. The van der Waals surface area contributed by atoms with Gasteiger partial charge < -0.3 is 19.7 Å². The van der Waals surface area contributed by atoms with Crippen molar-refractivity contribution in [2.45, 2.75) is 51.2 Å². The first kappa shape index (κ1) is 14.5. The second-order valence-electron chi connectivity index (χ2n) is 6.03. The Morgan fingerprint density at radius 2 is 2.00 bits per heavy atom. The van der Waals surface area contributed by atoms with Gasteiger partial charge in [0.15, 0.2) is 5.69 Å². The van der Waals surface area contributed by atoms with E-state index in [1.165, 1.54) is 0 Å². The monoisotopic (exact) mass is 293 g/mol. The summed E-state index contributed by atoms with van der Waals surface area (Å²) < 4.78 is 1.98. The molecule has 0 amide bonds. The zero-order chi connectivity index (χ0) is 15.0. The molecule has 1 aromatic rings. The van der Waals surface area contributed by atoms with Gasteiger partial charge in [0.05, 0.1) is 11.8 Å². The normalized spacial score (nSPS) is 24.0. The molecule has 0 saturated carbocycles. The molecule has 6 heteroatoms. The summed E-state index contributed by atoms with van der Waals surface area (Å²) in [5.41, 5.74) is 0.566.